The van der Waals surface area contributed by atoms with Crippen molar-refractivity contribution in [3.05, 3.63) is 65.0 Å². The summed E-state index contributed by atoms with van der Waals surface area (Å²) in [5.41, 5.74) is 15.0. The summed E-state index contributed by atoms with van der Waals surface area (Å²) in [5, 5.41) is 0.994. The number of allylic oxidation sites excluding steroid dienone is 1. The molecule has 0 radical (unpaired) electrons. The zero-order valence-electron chi connectivity index (χ0n) is 16.3. The fourth-order valence-corrected chi connectivity index (χ4v) is 4.94. The zero-order chi connectivity index (χ0) is 20.1. The van der Waals surface area contributed by atoms with E-state index in [0.29, 0.717) is 12.1 Å². The van der Waals surface area contributed by atoms with Gasteiger partial charge >= 0.3 is 0 Å². The molecule has 0 saturated heterocycles. The fraction of sp³-hybridized carbons (Fsp3) is 0.364. The maximum Gasteiger partial charge on any atom is 0.123 e. The predicted molar refractivity (Wildman–Crippen MR) is 122 cm³/mol. The van der Waals surface area contributed by atoms with Crippen LogP contribution in [0.2, 0.25) is 0 Å². The summed E-state index contributed by atoms with van der Waals surface area (Å²) in [7, 11) is 2.68. The van der Waals surface area contributed by atoms with Crippen LogP contribution in [0.3, 0.4) is 0 Å². The second-order valence-corrected chi connectivity index (χ2v) is 9.36. The number of hydrogen-bond acceptors (Lipinski definition) is 4. The largest absolute Gasteiger partial charge is 0.404 e. The number of rotatable bonds is 6. The average molecular weight is 418 g/mol. The third-order valence-corrected chi connectivity index (χ3v) is 6.85. The van der Waals surface area contributed by atoms with Crippen LogP contribution in [0.25, 0.3) is 11.1 Å². The Morgan fingerprint density at radius 3 is 2.50 bits per heavy atom. The molecule has 1 atom stereocenters. The van der Waals surface area contributed by atoms with Crippen LogP contribution in [0.1, 0.15) is 38.2 Å². The molecular weight excluding hydrogens is 388 g/mol. The summed E-state index contributed by atoms with van der Waals surface area (Å²) < 4.78 is 16.1. The first-order chi connectivity index (χ1) is 13.5. The van der Waals surface area contributed by atoms with Gasteiger partial charge in [0.25, 0.3) is 0 Å². The maximum atomic E-state index is 13.6. The van der Waals surface area contributed by atoms with Crippen molar-refractivity contribution in [1.29, 1.82) is 0 Å². The van der Waals surface area contributed by atoms with Gasteiger partial charge in [-0.3, -0.25) is 0 Å². The van der Waals surface area contributed by atoms with E-state index in [-0.39, 0.29) is 5.82 Å². The Balaban J connectivity index is 1.76. The van der Waals surface area contributed by atoms with Crippen molar-refractivity contribution in [3.63, 3.8) is 0 Å². The minimum atomic E-state index is -0.215. The highest BCUT2D eigenvalue weighted by molar-refractivity contribution is 8.00. The van der Waals surface area contributed by atoms with Crippen molar-refractivity contribution in [1.82, 2.24) is 4.31 Å². The van der Waals surface area contributed by atoms with Crippen molar-refractivity contribution in [2.24, 2.45) is 11.5 Å². The van der Waals surface area contributed by atoms with E-state index in [0.717, 1.165) is 53.6 Å². The summed E-state index contributed by atoms with van der Waals surface area (Å²) >= 11 is 1.73. The molecule has 0 heterocycles. The normalized spacial score (nSPS) is 20.5. The van der Waals surface area contributed by atoms with E-state index in [1.54, 1.807) is 30.3 Å². The van der Waals surface area contributed by atoms with Gasteiger partial charge in [-0.2, -0.15) is 0 Å². The highest BCUT2D eigenvalue weighted by atomic mass is 32.2. The molecule has 6 heteroatoms. The van der Waals surface area contributed by atoms with Crippen LogP contribution < -0.4 is 16.8 Å². The van der Waals surface area contributed by atoms with Crippen LogP contribution in [-0.2, 0) is 6.54 Å². The van der Waals surface area contributed by atoms with Crippen LogP contribution in [0, 0.1) is 5.82 Å². The van der Waals surface area contributed by atoms with Gasteiger partial charge < -0.3 is 11.5 Å². The minimum Gasteiger partial charge on any atom is -0.404 e. The molecule has 3 nitrogen and oxygen atoms in total. The second-order valence-electron chi connectivity index (χ2n) is 7.44. The molecule has 1 aliphatic rings. The predicted octanol–water partition coefficient (Wildman–Crippen LogP) is 4.53. The van der Waals surface area contributed by atoms with E-state index in [2.05, 4.69) is 37.8 Å². The summed E-state index contributed by atoms with van der Waals surface area (Å²) in [5.74, 6) is -0.215. The van der Waals surface area contributed by atoms with Crippen LogP contribution >= 0.6 is 21.2 Å². The Bertz CT molecular complexity index is 817. The Morgan fingerprint density at radius 1 is 1.18 bits per heavy atom. The lowest BCUT2D eigenvalue weighted by Crippen LogP contribution is -2.37. The van der Waals surface area contributed by atoms with E-state index in [1.807, 2.05) is 6.92 Å². The van der Waals surface area contributed by atoms with E-state index in [9.17, 15) is 4.39 Å². The van der Waals surface area contributed by atoms with E-state index >= 15 is 0 Å². The third kappa shape index (κ3) is 5.57. The topological polar surface area (TPSA) is 55.3 Å². The Hall–Kier alpha value is -1.39. The first-order valence-electron chi connectivity index (χ1n) is 9.69. The molecule has 2 aromatic rings. The Kier molecular flexibility index (Phi) is 7.53. The van der Waals surface area contributed by atoms with Crippen molar-refractivity contribution in [3.8, 4) is 11.1 Å². The number of nitrogens with two attached hydrogens (primary N) is 2. The number of hydrogen-bond donors (Lipinski definition) is 2. The van der Waals surface area contributed by atoms with E-state index in [4.69, 9.17) is 11.5 Å². The monoisotopic (exact) mass is 417 g/mol. The molecule has 1 aliphatic carbocycles. The summed E-state index contributed by atoms with van der Waals surface area (Å²) in [4.78, 5) is 1.10. The van der Waals surface area contributed by atoms with Gasteiger partial charge in [-0.15, -0.1) is 9.24 Å². The number of nitrogens with zero attached hydrogens (tertiary/aromatic N) is 1. The number of halogens is 1. The second kappa shape index (κ2) is 9.89. The first-order valence-corrected chi connectivity index (χ1v) is 11.0. The van der Waals surface area contributed by atoms with Gasteiger partial charge in [0.05, 0.1) is 0 Å². The Labute approximate surface area is 174 Å². The molecule has 150 valence electrons. The molecule has 0 bridgehead atoms. The van der Waals surface area contributed by atoms with E-state index in [1.165, 1.54) is 11.6 Å². The maximum absolute atomic E-state index is 13.6. The molecule has 0 spiro atoms. The van der Waals surface area contributed by atoms with Crippen molar-refractivity contribution in [2.75, 3.05) is 0 Å². The molecule has 1 saturated carbocycles. The summed E-state index contributed by atoms with van der Waals surface area (Å²) in [6.07, 6.45) is 6.04. The molecular formula is C22H29FN3PS. The van der Waals surface area contributed by atoms with Crippen LogP contribution in [0.4, 0.5) is 4.39 Å². The quantitative estimate of drug-likeness (QED) is 0.536. The summed E-state index contributed by atoms with van der Waals surface area (Å²) in [6, 6.07) is 14.1. The standard InChI is InChI=1S/C22H29FN3PS/c1-15(13-24)28-26(20-9-7-19(25)8-10-20)14-16-2-4-17(5-3-16)21-12-18(23)6-11-22(21)27/h2-6,11-13,19-20H,7-10,14,24-25,27H2,1H3/b15-13+. The van der Waals surface area contributed by atoms with E-state index < -0.39 is 0 Å². The minimum absolute atomic E-state index is 0.215. The molecule has 28 heavy (non-hydrogen) atoms. The molecule has 1 fully saturated rings. The zero-order valence-corrected chi connectivity index (χ0v) is 18.2. The van der Waals surface area contributed by atoms with Gasteiger partial charge in [-0.05, 0) is 78.7 Å². The van der Waals surface area contributed by atoms with Gasteiger partial charge in [0.15, 0.2) is 0 Å². The average Bonchev–Trinajstić information content (AvgIpc) is 2.70. The van der Waals surface area contributed by atoms with Gasteiger partial charge in [-0.1, -0.05) is 30.3 Å². The molecule has 4 N–H and O–H groups in total. The number of benzene rings is 2. The molecule has 0 aliphatic heterocycles. The third-order valence-electron chi connectivity index (χ3n) is 5.26. The van der Waals surface area contributed by atoms with Crippen LogP contribution in [0.15, 0.2) is 53.6 Å². The molecule has 3 rings (SSSR count). The smallest absolute Gasteiger partial charge is 0.123 e. The van der Waals surface area contributed by atoms with Gasteiger partial charge in [0, 0.05) is 29.7 Å². The van der Waals surface area contributed by atoms with Crippen molar-refractivity contribution in [2.45, 2.75) is 51.2 Å². The lowest BCUT2D eigenvalue weighted by Gasteiger charge is -2.35. The van der Waals surface area contributed by atoms with Gasteiger partial charge in [0.1, 0.15) is 5.82 Å². The first kappa shape index (κ1) is 21.3. The highest BCUT2D eigenvalue weighted by Gasteiger charge is 2.25. The van der Waals surface area contributed by atoms with Crippen LogP contribution in [-0.4, -0.2) is 16.4 Å². The van der Waals surface area contributed by atoms with Crippen molar-refractivity contribution < 1.29 is 4.39 Å². The fourth-order valence-electron chi connectivity index (χ4n) is 3.59. The highest BCUT2D eigenvalue weighted by Crippen LogP contribution is 2.32. The van der Waals surface area contributed by atoms with Crippen LogP contribution in [0.5, 0.6) is 0 Å². The molecule has 0 amide bonds. The molecule has 2 aromatic carbocycles. The SMILES string of the molecule is C/C(=C\N)SN(Cc1ccc(-c2cc(F)ccc2P)cc1)C1CCC(N)CC1. The lowest BCUT2D eigenvalue weighted by atomic mass is 9.91. The molecule has 0 aromatic heterocycles. The lowest BCUT2D eigenvalue weighted by molar-refractivity contribution is 0.253. The van der Waals surface area contributed by atoms with Gasteiger partial charge in [0.2, 0.25) is 0 Å². The molecule has 1 unspecified atom stereocenters. The van der Waals surface area contributed by atoms with Crippen molar-refractivity contribution >= 4 is 26.5 Å². The Morgan fingerprint density at radius 2 is 1.86 bits per heavy atom. The summed E-state index contributed by atoms with van der Waals surface area (Å²) in [6.45, 7) is 2.88. The van der Waals surface area contributed by atoms with Gasteiger partial charge in [-0.25, -0.2) is 8.70 Å².